The number of ether oxygens (including phenoxy) is 2. The second-order valence-corrected chi connectivity index (χ2v) is 10.1. The lowest BCUT2D eigenvalue weighted by Gasteiger charge is -2.20. The fraction of sp³-hybridized carbons (Fsp3) is 0.500. The maximum atomic E-state index is 13.3. The number of fused-ring (bicyclic) bond motifs is 2. The molecule has 0 saturated carbocycles. The summed E-state index contributed by atoms with van der Waals surface area (Å²) in [5.74, 6) is 0.471. The second kappa shape index (κ2) is 12.9. The molecule has 3 rings (SSSR count). The van der Waals surface area contributed by atoms with Gasteiger partial charge in [0.15, 0.2) is 0 Å². The van der Waals surface area contributed by atoms with Crippen LogP contribution in [0.1, 0.15) is 90.2 Å². The van der Waals surface area contributed by atoms with Gasteiger partial charge in [-0.1, -0.05) is 88.8 Å². The zero-order chi connectivity index (χ0) is 26.2. The Bertz CT molecular complexity index is 1110. The van der Waals surface area contributed by atoms with Crippen LogP contribution < -0.4 is 9.47 Å². The van der Waals surface area contributed by atoms with Crippen molar-refractivity contribution in [2.75, 3.05) is 0 Å². The van der Waals surface area contributed by atoms with Crippen LogP contribution in [0.15, 0.2) is 36.4 Å². The van der Waals surface area contributed by atoms with Gasteiger partial charge < -0.3 is 9.47 Å². The first-order valence-electron chi connectivity index (χ1n) is 13.7. The van der Waals surface area contributed by atoms with E-state index in [4.69, 9.17) is 9.47 Å². The van der Waals surface area contributed by atoms with Crippen LogP contribution in [0.4, 0.5) is 0 Å². The molecule has 0 amide bonds. The van der Waals surface area contributed by atoms with Gasteiger partial charge in [0, 0.05) is 21.5 Å². The Morgan fingerprint density at radius 1 is 0.639 bits per heavy atom. The molecule has 4 nitrogen and oxygen atoms in total. The predicted octanol–water partition coefficient (Wildman–Crippen LogP) is 8.85. The van der Waals surface area contributed by atoms with E-state index in [1.807, 2.05) is 64.1 Å². The molecule has 0 N–H and O–H groups in total. The van der Waals surface area contributed by atoms with E-state index in [0.717, 1.165) is 84.0 Å². The summed E-state index contributed by atoms with van der Waals surface area (Å²) in [6.07, 6.45) is 7.24. The zero-order valence-corrected chi connectivity index (χ0v) is 22.9. The molecule has 36 heavy (non-hydrogen) atoms. The molecule has 194 valence electrons. The van der Waals surface area contributed by atoms with Crippen molar-refractivity contribution in [1.82, 2.24) is 0 Å². The number of rotatable bonds is 12. The number of carbonyl (C=O) groups is 2. The Kier molecular flexibility index (Phi) is 9.92. The van der Waals surface area contributed by atoms with E-state index in [2.05, 4.69) is 13.8 Å². The van der Waals surface area contributed by atoms with Gasteiger partial charge in [0.05, 0.1) is 11.8 Å². The summed E-state index contributed by atoms with van der Waals surface area (Å²) >= 11 is 0. The van der Waals surface area contributed by atoms with Gasteiger partial charge in [-0.05, 0) is 51.7 Å². The van der Waals surface area contributed by atoms with E-state index < -0.39 is 0 Å². The quantitative estimate of drug-likeness (QED) is 0.144. The lowest BCUT2D eigenvalue weighted by molar-refractivity contribution is -0.140. The summed E-state index contributed by atoms with van der Waals surface area (Å²) in [5, 5.41) is 3.19. The minimum absolute atomic E-state index is 0.133. The van der Waals surface area contributed by atoms with Crippen LogP contribution in [0.3, 0.4) is 0 Å². The number of carbonyl (C=O) groups excluding carboxylic acids is 2. The first-order valence-corrected chi connectivity index (χ1v) is 13.7. The van der Waals surface area contributed by atoms with Crippen molar-refractivity contribution in [2.45, 2.75) is 92.9 Å². The van der Waals surface area contributed by atoms with Crippen LogP contribution in [-0.4, -0.2) is 11.9 Å². The van der Waals surface area contributed by atoms with Crippen LogP contribution >= 0.6 is 0 Å². The van der Waals surface area contributed by atoms with Crippen molar-refractivity contribution in [2.24, 2.45) is 11.8 Å². The second-order valence-electron chi connectivity index (χ2n) is 10.1. The van der Waals surface area contributed by atoms with Crippen molar-refractivity contribution < 1.29 is 19.1 Å². The summed E-state index contributed by atoms with van der Waals surface area (Å²) in [6, 6.07) is 12.0. The average Bonchev–Trinajstić information content (AvgIpc) is 2.86. The Morgan fingerprint density at radius 2 is 1.03 bits per heavy atom. The molecule has 0 spiro atoms. The molecule has 0 aliphatic rings. The summed E-state index contributed by atoms with van der Waals surface area (Å²) in [7, 11) is 0. The average molecular weight is 491 g/mol. The van der Waals surface area contributed by atoms with Crippen LogP contribution in [0.5, 0.6) is 11.5 Å². The summed E-state index contributed by atoms with van der Waals surface area (Å²) in [5.41, 5.74) is 2.10. The largest absolute Gasteiger partial charge is 0.425 e. The molecule has 3 aromatic carbocycles. The summed E-state index contributed by atoms with van der Waals surface area (Å²) in [6.45, 7) is 12.4. The molecule has 3 aromatic rings. The predicted molar refractivity (Wildman–Crippen MR) is 149 cm³/mol. The molecular weight excluding hydrogens is 448 g/mol. The summed E-state index contributed by atoms with van der Waals surface area (Å²) in [4.78, 5) is 26.5. The highest BCUT2D eigenvalue weighted by Gasteiger charge is 2.25. The van der Waals surface area contributed by atoms with Crippen LogP contribution in [0.2, 0.25) is 0 Å². The van der Waals surface area contributed by atoms with Gasteiger partial charge in [-0.2, -0.15) is 0 Å². The molecule has 2 unspecified atom stereocenters. The van der Waals surface area contributed by atoms with Gasteiger partial charge in [0.25, 0.3) is 0 Å². The van der Waals surface area contributed by atoms with Crippen LogP contribution in [0, 0.1) is 25.7 Å². The van der Waals surface area contributed by atoms with Gasteiger partial charge in [-0.3, -0.25) is 9.59 Å². The van der Waals surface area contributed by atoms with Crippen LogP contribution in [0.25, 0.3) is 21.5 Å². The van der Waals surface area contributed by atoms with E-state index in [0.29, 0.717) is 11.5 Å². The number of hydrogen-bond acceptors (Lipinski definition) is 4. The Balaban J connectivity index is 2.17. The zero-order valence-electron chi connectivity index (χ0n) is 22.9. The lowest BCUT2D eigenvalue weighted by Crippen LogP contribution is -2.21. The highest BCUT2D eigenvalue weighted by molar-refractivity contribution is 6.13. The molecule has 0 aromatic heterocycles. The number of hydrogen-bond donors (Lipinski definition) is 0. The molecular formula is C32H42O4. The molecule has 0 radical (unpaired) electrons. The standard InChI is InChI=1S/C32H42O4/c1-7-11-13-23(9-3)31(33)35-29-25-17-15-22(6)20-28(25)30(26-18-16-21(5)19-27(26)29)36-32(34)24(10-4)14-12-8-2/h15-20,23-24H,7-14H2,1-6H3. The van der Waals surface area contributed by atoms with Crippen molar-refractivity contribution in [3.63, 3.8) is 0 Å². The molecule has 0 saturated heterocycles. The third-order valence-corrected chi connectivity index (χ3v) is 7.20. The van der Waals surface area contributed by atoms with E-state index in [-0.39, 0.29) is 23.8 Å². The maximum absolute atomic E-state index is 13.3. The van der Waals surface area contributed by atoms with Crippen molar-refractivity contribution >= 4 is 33.5 Å². The molecule has 0 fully saturated rings. The van der Waals surface area contributed by atoms with E-state index >= 15 is 0 Å². The van der Waals surface area contributed by atoms with Crippen molar-refractivity contribution in [3.8, 4) is 11.5 Å². The fourth-order valence-electron chi connectivity index (χ4n) is 4.84. The van der Waals surface area contributed by atoms with Gasteiger partial charge in [-0.15, -0.1) is 0 Å². The molecule has 0 aliphatic heterocycles. The van der Waals surface area contributed by atoms with Crippen molar-refractivity contribution in [1.29, 1.82) is 0 Å². The molecule has 0 heterocycles. The Morgan fingerprint density at radius 3 is 1.36 bits per heavy atom. The van der Waals surface area contributed by atoms with Crippen molar-refractivity contribution in [3.05, 3.63) is 47.5 Å². The highest BCUT2D eigenvalue weighted by Crippen LogP contribution is 2.44. The molecule has 0 bridgehead atoms. The number of aryl methyl sites for hydroxylation is 2. The Hall–Kier alpha value is -2.88. The van der Waals surface area contributed by atoms with Crippen LogP contribution in [-0.2, 0) is 9.59 Å². The smallest absolute Gasteiger partial charge is 0.314 e. The van der Waals surface area contributed by atoms with Gasteiger partial charge in [0.1, 0.15) is 11.5 Å². The number of unbranched alkanes of at least 4 members (excludes halogenated alkanes) is 2. The minimum atomic E-state index is -0.189. The van der Waals surface area contributed by atoms with E-state index in [1.165, 1.54) is 0 Å². The third kappa shape index (κ3) is 6.27. The SMILES string of the molecule is CCCCC(CC)C(=O)Oc1c2ccc(C)cc2c(OC(=O)C(CC)CCCC)c2ccc(C)cc12. The van der Waals surface area contributed by atoms with E-state index in [1.54, 1.807) is 0 Å². The van der Waals surface area contributed by atoms with E-state index in [9.17, 15) is 9.59 Å². The third-order valence-electron chi connectivity index (χ3n) is 7.20. The number of benzene rings is 3. The Labute approximate surface area is 216 Å². The first kappa shape index (κ1) is 27.7. The highest BCUT2D eigenvalue weighted by atomic mass is 16.5. The van der Waals surface area contributed by atoms with Gasteiger partial charge >= 0.3 is 11.9 Å². The molecule has 2 atom stereocenters. The lowest BCUT2D eigenvalue weighted by atomic mass is 9.96. The van der Waals surface area contributed by atoms with Gasteiger partial charge in [0.2, 0.25) is 0 Å². The first-order chi connectivity index (χ1) is 17.3. The fourth-order valence-corrected chi connectivity index (χ4v) is 4.84. The number of esters is 2. The van der Waals surface area contributed by atoms with Gasteiger partial charge in [-0.25, -0.2) is 0 Å². The minimum Gasteiger partial charge on any atom is -0.425 e. The maximum Gasteiger partial charge on any atom is 0.314 e. The monoisotopic (exact) mass is 490 g/mol. The molecule has 4 heteroatoms. The normalized spacial score (nSPS) is 13.1. The molecule has 0 aliphatic carbocycles. The topological polar surface area (TPSA) is 52.6 Å². The summed E-state index contributed by atoms with van der Waals surface area (Å²) < 4.78 is 12.4.